The fourth-order valence-electron chi connectivity index (χ4n) is 3.32. The Morgan fingerprint density at radius 2 is 2.26 bits per heavy atom. The quantitative estimate of drug-likeness (QED) is 0.948. The van der Waals surface area contributed by atoms with Crippen LogP contribution in [0.15, 0.2) is 30.5 Å². The van der Waals surface area contributed by atoms with Crippen LogP contribution in [0.1, 0.15) is 31.5 Å². The summed E-state index contributed by atoms with van der Waals surface area (Å²) in [6.07, 6.45) is 7.06. The number of fused-ring (bicyclic) bond motifs is 1. The summed E-state index contributed by atoms with van der Waals surface area (Å²) in [7, 11) is 0. The number of rotatable bonds is 3. The number of carbonyl (C=O) groups excluding carboxylic acids is 1. The lowest BCUT2D eigenvalue weighted by atomic mass is 10.1. The van der Waals surface area contributed by atoms with E-state index in [1.807, 2.05) is 24.3 Å². The molecule has 0 unspecified atom stereocenters. The number of nitrogens with zero attached hydrogens (tertiary/aromatic N) is 2. The first-order chi connectivity index (χ1) is 11.3. The number of aromatic nitrogens is 2. The highest BCUT2D eigenvalue weighted by Gasteiger charge is 2.23. The number of imidazole rings is 1. The van der Waals surface area contributed by atoms with Crippen LogP contribution < -0.4 is 5.32 Å². The zero-order valence-corrected chi connectivity index (χ0v) is 13.1. The van der Waals surface area contributed by atoms with Gasteiger partial charge in [-0.2, -0.15) is 0 Å². The van der Waals surface area contributed by atoms with Crippen molar-refractivity contribution in [1.82, 2.24) is 9.55 Å². The summed E-state index contributed by atoms with van der Waals surface area (Å²) in [5.41, 5.74) is 2.82. The number of hydrogen-bond donors (Lipinski definition) is 1. The predicted octanol–water partition coefficient (Wildman–Crippen LogP) is 3.00. The smallest absolute Gasteiger partial charge is 0.253 e. The van der Waals surface area contributed by atoms with Crippen molar-refractivity contribution in [2.24, 2.45) is 0 Å². The van der Waals surface area contributed by atoms with Gasteiger partial charge in [-0.1, -0.05) is 12.1 Å². The Bertz CT molecular complexity index is 693. The van der Waals surface area contributed by atoms with Crippen molar-refractivity contribution < 1.29 is 9.53 Å². The SMILES string of the molecule is O=C(Nc1cccc(-c2cn3c(n2)CCCC3)c1)[C@H]1CCCO1. The van der Waals surface area contributed by atoms with Crippen LogP contribution in [-0.4, -0.2) is 28.2 Å². The summed E-state index contributed by atoms with van der Waals surface area (Å²) >= 11 is 0. The second-order valence-electron chi connectivity index (χ2n) is 6.26. The first-order valence-electron chi connectivity index (χ1n) is 8.38. The molecule has 5 nitrogen and oxygen atoms in total. The summed E-state index contributed by atoms with van der Waals surface area (Å²) in [4.78, 5) is 16.9. The van der Waals surface area contributed by atoms with Crippen molar-refractivity contribution in [2.45, 2.75) is 44.8 Å². The van der Waals surface area contributed by atoms with Crippen LogP contribution in [-0.2, 0) is 22.5 Å². The lowest BCUT2D eigenvalue weighted by Gasteiger charge is -2.11. The molecule has 1 N–H and O–H groups in total. The van der Waals surface area contributed by atoms with E-state index >= 15 is 0 Å². The van der Waals surface area contributed by atoms with Crippen molar-refractivity contribution in [3.8, 4) is 11.3 Å². The first-order valence-corrected chi connectivity index (χ1v) is 8.38. The van der Waals surface area contributed by atoms with Crippen LogP contribution in [0.25, 0.3) is 11.3 Å². The van der Waals surface area contributed by atoms with Gasteiger partial charge in [0.25, 0.3) is 5.91 Å². The van der Waals surface area contributed by atoms with Crippen molar-refractivity contribution in [2.75, 3.05) is 11.9 Å². The molecule has 5 heteroatoms. The molecular formula is C18H21N3O2. The minimum Gasteiger partial charge on any atom is -0.368 e. The highest BCUT2D eigenvalue weighted by atomic mass is 16.5. The molecule has 0 aliphatic carbocycles. The van der Waals surface area contributed by atoms with Crippen molar-refractivity contribution in [3.05, 3.63) is 36.3 Å². The average Bonchev–Trinajstić information content (AvgIpc) is 3.24. The van der Waals surface area contributed by atoms with Gasteiger partial charge in [0.2, 0.25) is 0 Å². The summed E-state index contributed by atoms with van der Waals surface area (Å²) in [6, 6.07) is 7.89. The molecule has 2 aliphatic heterocycles. The fraction of sp³-hybridized carbons (Fsp3) is 0.444. The summed E-state index contributed by atoms with van der Waals surface area (Å²) < 4.78 is 7.68. The van der Waals surface area contributed by atoms with Gasteiger partial charge in [-0.05, 0) is 37.8 Å². The molecule has 0 radical (unpaired) electrons. The Kier molecular flexibility index (Phi) is 3.87. The number of hydrogen-bond acceptors (Lipinski definition) is 3. The maximum Gasteiger partial charge on any atom is 0.253 e. The Hall–Kier alpha value is -2.14. The largest absolute Gasteiger partial charge is 0.368 e. The molecule has 3 heterocycles. The normalized spacial score (nSPS) is 20.3. The van der Waals surface area contributed by atoms with E-state index in [1.165, 1.54) is 18.7 Å². The third-order valence-corrected chi connectivity index (χ3v) is 4.56. The maximum absolute atomic E-state index is 12.2. The number of aryl methyl sites for hydroxylation is 2. The molecule has 23 heavy (non-hydrogen) atoms. The van der Waals surface area contributed by atoms with Crippen LogP contribution in [0.3, 0.4) is 0 Å². The van der Waals surface area contributed by atoms with Gasteiger partial charge in [0.15, 0.2) is 0 Å². The summed E-state index contributed by atoms with van der Waals surface area (Å²) in [5.74, 6) is 1.11. The standard InChI is InChI=1S/C18H21N3O2/c22-18(16-7-4-10-23-16)19-14-6-3-5-13(11-14)15-12-21-9-2-1-8-17(21)20-15/h3,5-6,11-12,16H,1-2,4,7-10H2,(H,19,22)/t16-/m1/s1. The third-order valence-electron chi connectivity index (χ3n) is 4.56. The average molecular weight is 311 g/mol. The van der Waals surface area contributed by atoms with Crippen molar-refractivity contribution in [1.29, 1.82) is 0 Å². The van der Waals surface area contributed by atoms with E-state index in [1.54, 1.807) is 0 Å². The van der Waals surface area contributed by atoms with Gasteiger partial charge in [-0.15, -0.1) is 0 Å². The zero-order chi connectivity index (χ0) is 15.6. The zero-order valence-electron chi connectivity index (χ0n) is 13.1. The summed E-state index contributed by atoms with van der Waals surface area (Å²) in [6.45, 7) is 1.73. The predicted molar refractivity (Wildman–Crippen MR) is 88.2 cm³/mol. The maximum atomic E-state index is 12.2. The first kappa shape index (κ1) is 14.5. The molecule has 1 aromatic heterocycles. The van der Waals surface area contributed by atoms with Gasteiger partial charge in [-0.3, -0.25) is 4.79 Å². The molecule has 1 aromatic carbocycles. The molecule has 2 aliphatic rings. The number of anilines is 1. The van der Waals surface area contributed by atoms with E-state index in [-0.39, 0.29) is 12.0 Å². The van der Waals surface area contributed by atoms with Crippen molar-refractivity contribution in [3.63, 3.8) is 0 Å². The Morgan fingerprint density at radius 3 is 3.09 bits per heavy atom. The Morgan fingerprint density at radius 1 is 1.30 bits per heavy atom. The molecule has 1 saturated heterocycles. The second kappa shape index (κ2) is 6.16. The number of benzene rings is 1. The van der Waals surface area contributed by atoms with Crippen LogP contribution in [0.2, 0.25) is 0 Å². The minimum absolute atomic E-state index is 0.0521. The van der Waals surface area contributed by atoms with Crippen LogP contribution in [0.4, 0.5) is 5.69 Å². The van der Waals surface area contributed by atoms with E-state index in [0.29, 0.717) is 6.61 Å². The van der Waals surface area contributed by atoms with E-state index in [4.69, 9.17) is 9.72 Å². The number of amides is 1. The van der Waals surface area contributed by atoms with Gasteiger partial charge in [0, 0.05) is 37.0 Å². The highest BCUT2D eigenvalue weighted by molar-refractivity contribution is 5.94. The molecule has 0 saturated carbocycles. The minimum atomic E-state index is -0.307. The van der Waals surface area contributed by atoms with Crippen LogP contribution >= 0.6 is 0 Å². The van der Waals surface area contributed by atoms with Gasteiger partial charge in [-0.25, -0.2) is 4.98 Å². The van der Waals surface area contributed by atoms with E-state index < -0.39 is 0 Å². The number of nitrogens with one attached hydrogen (secondary N) is 1. The van der Waals surface area contributed by atoms with Gasteiger partial charge >= 0.3 is 0 Å². The molecule has 2 aromatic rings. The number of ether oxygens (including phenoxy) is 1. The second-order valence-corrected chi connectivity index (χ2v) is 6.26. The van der Waals surface area contributed by atoms with E-state index in [0.717, 1.165) is 42.8 Å². The molecule has 0 spiro atoms. The fourth-order valence-corrected chi connectivity index (χ4v) is 3.32. The number of carbonyl (C=O) groups is 1. The third kappa shape index (κ3) is 3.01. The van der Waals surface area contributed by atoms with Crippen molar-refractivity contribution >= 4 is 11.6 Å². The van der Waals surface area contributed by atoms with Gasteiger partial charge < -0.3 is 14.6 Å². The molecule has 1 fully saturated rings. The van der Waals surface area contributed by atoms with Gasteiger partial charge in [0.05, 0.1) is 5.69 Å². The Labute approximate surface area is 135 Å². The van der Waals surface area contributed by atoms with Crippen LogP contribution in [0, 0.1) is 0 Å². The molecule has 4 rings (SSSR count). The molecule has 1 atom stereocenters. The van der Waals surface area contributed by atoms with E-state index in [2.05, 4.69) is 16.1 Å². The monoisotopic (exact) mass is 311 g/mol. The molecular weight excluding hydrogens is 290 g/mol. The highest BCUT2D eigenvalue weighted by Crippen LogP contribution is 2.25. The molecule has 120 valence electrons. The van der Waals surface area contributed by atoms with Gasteiger partial charge in [0.1, 0.15) is 11.9 Å². The van der Waals surface area contributed by atoms with E-state index in [9.17, 15) is 4.79 Å². The lowest BCUT2D eigenvalue weighted by molar-refractivity contribution is -0.124. The topological polar surface area (TPSA) is 56.2 Å². The Balaban J connectivity index is 1.53. The summed E-state index contributed by atoms with van der Waals surface area (Å²) in [5, 5.41) is 2.96. The van der Waals surface area contributed by atoms with Crippen LogP contribution in [0.5, 0.6) is 0 Å². The molecule has 1 amide bonds. The molecule has 0 bridgehead atoms. The lowest BCUT2D eigenvalue weighted by Crippen LogP contribution is -2.26.